The number of benzene rings is 2. The summed E-state index contributed by atoms with van der Waals surface area (Å²) in [7, 11) is 0. The van der Waals surface area contributed by atoms with E-state index < -0.39 is 0 Å². The van der Waals surface area contributed by atoms with E-state index in [0.717, 1.165) is 62.9 Å². The third-order valence-electron chi connectivity index (χ3n) is 5.57. The molecule has 0 spiro atoms. The van der Waals surface area contributed by atoms with Gasteiger partial charge >= 0.3 is 0 Å². The van der Waals surface area contributed by atoms with Crippen LogP contribution in [0.25, 0.3) is 0 Å². The molecule has 1 saturated heterocycles. The fraction of sp³-hybridized carbons (Fsp3) is 0.458. The number of carbonyl (C=O) groups excluding carboxylic acids is 1. The van der Waals surface area contributed by atoms with Gasteiger partial charge in [0.1, 0.15) is 0 Å². The van der Waals surface area contributed by atoms with Crippen LogP contribution in [0.3, 0.4) is 0 Å². The van der Waals surface area contributed by atoms with Gasteiger partial charge in [-0.3, -0.25) is 9.69 Å². The van der Waals surface area contributed by atoms with Crippen LogP contribution in [0.1, 0.15) is 43.7 Å². The fourth-order valence-corrected chi connectivity index (χ4v) is 4.13. The lowest BCUT2D eigenvalue weighted by molar-refractivity contribution is -0.137. The molecule has 2 aromatic rings. The third kappa shape index (κ3) is 6.18. The van der Waals surface area contributed by atoms with Gasteiger partial charge in [0.2, 0.25) is 5.91 Å². The molecule has 0 aromatic heterocycles. The first-order chi connectivity index (χ1) is 13.7. The lowest BCUT2D eigenvalue weighted by Crippen LogP contribution is -2.42. The summed E-state index contributed by atoms with van der Waals surface area (Å²) in [5, 5.41) is 0. The van der Waals surface area contributed by atoms with Crippen LogP contribution in [0.5, 0.6) is 0 Å². The number of unbranched alkanes of at least 4 members (excludes halogenated alkanes) is 1. The fourth-order valence-electron chi connectivity index (χ4n) is 3.86. The molecule has 0 unspecified atom stereocenters. The van der Waals surface area contributed by atoms with Crippen LogP contribution < -0.4 is 0 Å². The zero-order valence-corrected chi connectivity index (χ0v) is 18.4. The maximum atomic E-state index is 13.2. The van der Waals surface area contributed by atoms with Crippen LogP contribution in [0.4, 0.5) is 0 Å². The molecule has 0 aliphatic carbocycles. The minimum Gasteiger partial charge on any atom is -0.338 e. The first-order valence-electron chi connectivity index (χ1n) is 10.4. The summed E-state index contributed by atoms with van der Waals surface area (Å²) in [6.07, 6.45) is 4.12. The normalized spacial score (nSPS) is 15.5. The molecule has 1 aliphatic rings. The van der Waals surface area contributed by atoms with Gasteiger partial charge in [0.05, 0.1) is 0 Å². The zero-order valence-electron chi connectivity index (χ0n) is 16.8. The van der Waals surface area contributed by atoms with Gasteiger partial charge in [-0.05, 0) is 55.6 Å². The Morgan fingerprint density at radius 1 is 1.04 bits per heavy atom. The van der Waals surface area contributed by atoms with E-state index in [0.29, 0.717) is 5.91 Å². The number of halogens is 1. The highest BCUT2D eigenvalue weighted by atomic mass is 79.9. The first kappa shape index (κ1) is 21.1. The van der Waals surface area contributed by atoms with Crippen molar-refractivity contribution < 1.29 is 4.79 Å². The Labute approximate surface area is 177 Å². The van der Waals surface area contributed by atoms with Crippen molar-refractivity contribution in [3.05, 3.63) is 70.2 Å². The van der Waals surface area contributed by atoms with Crippen molar-refractivity contribution >= 4 is 21.8 Å². The molecule has 1 heterocycles. The Hall–Kier alpha value is -1.65. The molecule has 3 rings (SSSR count). The smallest absolute Gasteiger partial charge is 0.226 e. The predicted molar refractivity (Wildman–Crippen MR) is 119 cm³/mol. The highest BCUT2D eigenvalue weighted by molar-refractivity contribution is 9.10. The summed E-state index contributed by atoms with van der Waals surface area (Å²) >= 11 is 3.49. The molecule has 150 valence electrons. The van der Waals surface area contributed by atoms with Crippen molar-refractivity contribution in [1.82, 2.24) is 9.80 Å². The number of likely N-dealkylation sites (tertiary alicyclic amines) is 1. The molecule has 1 aliphatic heterocycles. The second-order valence-corrected chi connectivity index (χ2v) is 8.69. The molecule has 0 bridgehead atoms. The number of hydrogen-bond donors (Lipinski definition) is 0. The minimum atomic E-state index is 0.168. The Kier molecular flexibility index (Phi) is 8.11. The van der Waals surface area contributed by atoms with Gasteiger partial charge in [0, 0.05) is 30.0 Å². The first-order valence-corrected chi connectivity index (χ1v) is 11.2. The van der Waals surface area contributed by atoms with E-state index in [1.165, 1.54) is 11.1 Å². The highest BCUT2D eigenvalue weighted by Crippen LogP contribution is 2.23. The molecule has 28 heavy (non-hydrogen) atoms. The Balaban J connectivity index is 1.54. The van der Waals surface area contributed by atoms with Crippen LogP contribution in [-0.4, -0.2) is 35.3 Å². The maximum absolute atomic E-state index is 13.2. The van der Waals surface area contributed by atoms with E-state index in [1.807, 2.05) is 6.07 Å². The van der Waals surface area contributed by atoms with Crippen LogP contribution in [0.2, 0.25) is 0 Å². The Morgan fingerprint density at radius 2 is 1.71 bits per heavy atom. The average molecular weight is 443 g/mol. The number of piperidine rings is 1. The van der Waals surface area contributed by atoms with Gasteiger partial charge in [-0.1, -0.05) is 71.7 Å². The summed E-state index contributed by atoms with van der Waals surface area (Å²) in [4.78, 5) is 17.8. The molecule has 1 amide bonds. The van der Waals surface area contributed by atoms with Gasteiger partial charge in [-0.25, -0.2) is 0 Å². The van der Waals surface area contributed by atoms with Gasteiger partial charge in [-0.15, -0.1) is 0 Å². The van der Waals surface area contributed by atoms with Crippen molar-refractivity contribution in [3.8, 4) is 0 Å². The monoisotopic (exact) mass is 442 g/mol. The quantitative estimate of drug-likeness (QED) is 0.539. The van der Waals surface area contributed by atoms with E-state index in [1.54, 1.807) is 0 Å². The van der Waals surface area contributed by atoms with Gasteiger partial charge < -0.3 is 4.90 Å². The maximum Gasteiger partial charge on any atom is 0.226 e. The molecule has 3 nitrogen and oxygen atoms in total. The molecule has 1 fully saturated rings. The number of carbonyl (C=O) groups is 1. The largest absolute Gasteiger partial charge is 0.338 e. The van der Waals surface area contributed by atoms with E-state index >= 15 is 0 Å². The van der Waals surface area contributed by atoms with E-state index in [2.05, 4.69) is 81.2 Å². The summed E-state index contributed by atoms with van der Waals surface area (Å²) in [6.45, 7) is 6.75. The summed E-state index contributed by atoms with van der Waals surface area (Å²) in [5.41, 5.74) is 2.56. The third-order valence-corrected chi connectivity index (χ3v) is 6.09. The molecule has 4 heteroatoms. The second-order valence-electron chi connectivity index (χ2n) is 7.78. The number of hydrogen-bond acceptors (Lipinski definition) is 2. The number of rotatable bonds is 8. The van der Waals surface area contributed by atoms with Crippen LogP contribution in [0, 0.1) is 5.92 Å². The van der Waals surface area contributed by atoms with Gasteiger partial charge in [0.15, 0.2) is 0 Å². The number of amides is 1. The lowest BCUT2D eigenvalue weighted by Gasteiger charge is -2.34. The summed E-state index contributed by atoms with van der Waals surface area (Å²) in [5.74, 6) is 0.516. The second kappa shape index (κ2) is 10.8. The number of nitrogens with zero attached hydrogens (tertiary/aromatic N) is 2. The van der Waals surface area contributed by atoms with E-state index in [4.69, 9.17) is 0 Å². The average Bonchev–Trinajstić information content (AvgIpc) is 2.73. The van der Waals surface area contributed by atoms with Gasteiger partial charge in [0.25, 0.3) is 0 Å². The van der Waals surface area contributed by atoms with Crippen LogP contribution in [-0.2, 0) is 17.9 Å². The standard InChI is InChI=1S/C24H31BrN2O/c1-2-3-15-27(19-20-7-5-4-6-8-20)24(28)22-13-16-26(17-14-22)18-21-9-11-23(25)12-10-21/h4-12,22H,2-3,13-19H2,1H3. The SMILES string of the molecule is CCCCN(Cc1ccccc1)C(=O)C1CCN(Cc2ccc(Br)cc2)CC1. The topological polar surface area (TPSA) is 23.6 Å². The minimum absolute atomic E-state index is 0.168. The van der Waals surface area contributed by atoms with Crippen molar-refractivity contribution in [3.63, 3.8) is 0 Å². The van der Waals surface area contributed by atoms with E-state index in [-0.39, 0.29) is 5.92 Å². The van der Waals surface area contributed by atoms with E-state index in [9.17, 15) is 4.79 Å². The van der Waals surface area contributed by atoms with Crippen molar-refractivity contribution in [1.29, 1.82) is 0 Å². The predicted octanol–water partition coefficient (Wildman–Crippen LogP) is 5.49. The Bertz CT molecular complexity index is 724. The molecule has 0 atom stereocenters. The van der Waals surface area contributed by atoms with Crippen molar-refractivity contribution in [2.45, 2.75) is 45.7 Å². The van der Waals surface area contributed by atoms with Gasteiger partial charge in [-0.2, -0.15) is 0 Å². The van der Waals surface area contributed by atoms with Crippen LogP contribution in [0.15, 0.2) is 59.1 Å². The molecule has 0 N–H and O–H groups in total. The van der Waals surface area contributed by atoms with Crippen molar-refractivity contribution in [2.24, 2.45) is 5.92 Å². The molecule has 2 aromatic carbocycles. The molecular weight excluding hydrogens is 412 g/mol. The zero-order chi connectivity index (χ0) is 19.8. The summed E-state index contributed by atoms with van der Waals surface area (Å²) < 4.78 is 1.12. The molecule has 0 saturated carbocycles. The molecular formula is C24H31BrN2O. The highest BCUT2D eigenvalue weighted by Gasteiger charge is 2.28. The van der Waals surface area contributed by atoms with Crippen molar-refractivity contribution in [2.75, 3.05) is 19.6 Å². The lowest BCUT2D eigenvalue weighted by atomic mass is 9.94. The summed E-state index contributed by atoms with van der Waals surface area (Å²) in [6, 6.07) is 18.9. The molecule has 0 radical (unpaired) electrons. The van der Waals surface area contributed by atoms with Crippen LogP contribution >= 0.6 is 15.9 Å². The Morgan fingerprint density at radius 3 is 2.36 bits per heavy atom.